The molecule has 0 spiro atoms. The number of halogens is 2. The number of hydrogen-bond donors (Lipinski definition) is 1. The molecular formula is C12H12ClFN2O3S. The lowest BCUT2D eigenvalue weighted by Crippen LogP contribution is -2.26. The van der Waals surface area contributed by atoms with E-state index in [-0.39, 0.29) is 22.2 Å². The summed E-state index contributed by atoms with van der Waals surface area (Å²) in [5.74, 6) is -0.287. The SMILES string of the molecule is CN(Cc1ccco1)S(=O)(=O)c1cc(N)c(F)cc1Cl. The Balaban J connectivity index is 2.37. The van der Waals surface area contributed by atoms with Crippen molar-refractivity contribution in [2.24, 2.45) is 0 Å². The number of nitrogens with two attached hydrogens (primary N) is 1. The van der Waals surface area contributed by atoms with Crippen LogP contribution in [0, 0.1) is 5.82 Å². The smallest absolute Gasteiger partial charge is 0.244 e. The zero-order chi connectivity index (χ0) is 14.9. The van der Waals surface area contributed by atoms with E-state index in [2.05, 4.69) is 0 Å². The van der Waals surface area contributed by atoms with Gasteiger partial charge in [0.05, 0.1) is 23.5 Å². The molecule has 0 bridgehead atoms. The average molecular weight is 319 g/mol. The first kappa shape index (κ1) is 14.8. The maximum absolute atomic E-state index is 13.2. The van der Waals surface area contributed by atoms with Crippen molar-refractivity contribution in [3.05, 3.63) is 47.1 Å². The molecule has 2 aromatic rings. The van der Waals surface area contributed by atoms with Crippen LogP contribution in [0.25, 0.3) is 0 Å². The van der Waals surface area contributed by atoms with Gasteiger partial charge >= 0.3 is 0 Å². The van der Waals surface area contributed by atoms with Crippen LogP contribution in [0.2, 0.25) is 5.02 Å². The standard InChI is InChI=1S/C12H12ClFN2O3S/c1-16(7-8-3-2-4-19-8)20(17,18)12-6-11(15)10(14)5-9(12)13/h2-6H,7,15H2,1H3. The molecule has 0 saturated heterocycles. The summed E-state index contributed by atoms with van der Waals surface area (Å²) < 4.78 is 44.1. The number of furan rings is 1. The van der Waals surface area contributed by atoms with Gasteiger partial charge in [-0.05, 0) is 24.3 Å². The highest BCUT2D eigenvalue weighted by molar-refractivity contribution is 7.89. The second-order valence-corrected chi connectivity index (χ2v) is 6.57. The van der Waals surface area contributed by atoms with Gasteiger partial charge in [-0.15, -0.1) is 0 Å². The van der Waals surface area contributed by atoms with Crippen LogP contribution in [0.5, 0.6) is 0 Å². The third kappa shape index (κ3) is 2.79. The van der Waals surface area contributed by atoms with E-state index >= 15 is 0 Å². The molecule has 8 heteroatoms. The quantitative estimate of drug-likeness (QED) is 0.879. The second-order valence-electron chi connectivity index (χ2n) is 4.14. The summed E-state index contributed by atoms with van der Waals surface area (Å²) in [4.78, 5) is -0.243. The number of rotatable bonds is 4. The van der Waals surface area contributed by atoms with Gasteiger partial charge in [-0.25, -0.2) is 12.8 Å². The Morgan fingerprint density at radius 2 is 2.15 bits per heavy atom. The van der Waals surface area contributed by atoms with E-state index in [0.717, 1.165) is 16.4 Å². The molecule has 1 heterocycles. The molecule has 20 heavy (non-hydrogen) atoms. The van der Waals surface area contributed by atoms with Crippen molar-refractivity contribution in [3.63, 3.8) is 0 Å². The first-order valence-corrected chi connectivity index (χ1v) is 7.37. The Kier molecular flexibility index (Phi) is 4.03. The number of hydrogen-bond acceptors (Lipinski definition) is 4. The summed E-state index contributed by atoms with van der Waals surface area (Å²) >= 11 is 5.79. The molecule has 5 nitrogen and oxygen atoms in total. The van der Waals surface area contributed by atoms with Crippen molar-refractivity contribution in [1.82, 2.24) is 4.31 Å². The molecular weight excluding hydrogens is 307 g/mol. The fourth-order valence-electron chi connectivity index (χ4n) is 1.62. The molecule has 1 aromatic carbocycles. The van der Waals surface area contributed by atoms with Crippen LogP contribution >= 0.6 is 11.6 Å². The van der Waals surface area contributed by atoms with Gasteiger partial charge in [0.2, 0.25) is 10.0 Å². The van der Waals surface area contributed by atoms with Crippen molar-refractivity contribution in [1.29, 1.82) is 0 Å². The first-order valence-electron chi connectivity index (χ1n) is 5.55. The van der Waals surface area contributed by atoms with E-state index in [0.29, 0.717) is 5.76 Å². The van der Waals surface area contributed by atoms with Gasteiger partial charge in [0.1, 0.15) is 16.5 Å². The van der Waals surface area contributed by atoms with Crippen LogP contribution in [-0.4, -0.2) is 19.8 Å². The lowest BCUT2D eigenvalue weighted by atomic mass is 10.3. The minimum atomic E-state index is -3.89. The summed E-state index contributed by atoms with van der Waals surface area (Å²) in [7, 11) is -2.52. The molecule has 0 amide bonds. The van der Waals surface area contributed by atoms with Gasteiger partial charge in [0.15, 0.2) is 0 Å². The summed E-state index contributed by atoms with van der Waals surface area (Å²) in [6, 6.07) is 5.18. The van der Waals surface area contributed by atoms with Crippen molar-refractivity contribution in [2.45, 2.75) is 11.4 Å². The van der Waals surface area contributed by atoms with E-state index in [1.54, 1.807) is 12.1 Å². The molecule has 0 atom stereocenters. The monoisotopic (exact) mass is 318 g/mol. The number of anilines is 1. The highest BCUT2D eigenvalue weighted by atomic mass is 35.5. The Bertz CT molecular complexity index is 717. The molecule has 0 aliphatic heterocycles. The normalized spacial score (nSPS) is 12.0. The minimum absolute atomic E-state index is 0.0307. The second kappa shape index (κ2) is 5.43. The molecule has 1 aromatic heterocycles. The van der Waals surface area contributed by atoms with Crippen molar-refractivity contribution >= 4 is 27.3 Å². The Labute approximate surface area is 120 Å². The summed E-state index contributed by atoms with van der Waals surface area (Å²) in [6.07, 6.45) is 1.44. The summed E-state index contributed by atoms with van der Waals surface area (Å²) in [5.41, 5.74) is 5.11. The van der Waals surface area contributed by atoms with Crippen LogP contribution in [0.3, 0.4) is 0 Å². The van der Waals surface area contributed by atoms with Crippen molar-refractivity contribution in [3.8, 4) is 0 Å². The third-order valence-corrected chi connectivity index (χ3v) is 4.97. The van der Waals surface area contributed by atoms with Gasteiger partial charge in [0.25, 0.3) is 0 Å². The zero-order valence-corrected chi connectivity index (χ0v) is 12.1. The summed E-state index contributed by atoms with van der Waals surface area (Å²) in [5, 5.41) is -0.219. The number of nitrogen functional groups attached to an aromatic ring is 1. The van der Waals surface area contributed by atoms with E-state index < -0.39 is 15.8 Å². The van der Waals surface area contributed by atoms with E-state index in [1.165, 1.54) is 13.3 Å². The highest BCUT2D eigenvalue weighted by Gasteiger charge is 2.25. The van der Waals surface area contributed by atoms with Crippen LogP contribution < -0.4 is 5.73 Å². The van der Waals surface area contributed by atoms with Gasteiger partial charge in [-0.1, -0.05) is 11.6 Å². The van der Waals surface area contributed by atoms with Crippen LogP contribution in [0.4, 0.5) is 10.1 Å². The predicted octanol–water partition coefficient (Wildman–Crippen LogP) is 2.48. The van der Waals surface area contributed by atoms with Crippen molar-refractivity contribution < 1.29 is 17.2 Å². The molecule has 0 unspecified atom stereocenters. The van der Waals surface area contributed by atoms with Gasteiger partial charge in [-0.3, -0.25) is 0 Å². The molecule has 0 aliphatic carbocycles. The van der Waals surface area contributed by atoms with Gasteiger partial charge in [0, 0.05) is 7.05 Å². The Morgan fingerprint density at radius 1 is 1.45 bits per heavy atom. The fourth-order valence-corrected chi connectivity index (χ4v) is 3.27. The number of sulfonamides is 1. The highest BCUT2D eigenvalue weighted by Crippen LogP contribution is 2.28. The Morgan fingerprint density at radius 3 is 2.75 bits per heavy atom. The topological polar surface area (TPSA) is 76.5 Å². The molecule has 108 valence electrons. The minimum Gasteiger partial charge on any atom is -0.468 e. The van der Waals surface area contributed by atoms with Crippen molar-refractivity contribution in [2.75, 3.05) is 12.8 Å². The Hall–Kier alpha value is -1.57. The lowest BCUT2D eigenvalue weighted by molar-refractivity contribution is 0.406. The third-order valence-electron chi connectivity index (χ3n) is 2.70. The van der Waals surface area contributed by atoms with Gasteiger partial charge < -0.3 is 10.2 Å². The maximum Gasteiger partial charge on any atom is 0.244 e. The first-order chi connectivity index (χ1) is 9.32. The molecule has 2 N–H and O–H groups in total. The number of benzene rings is 1. The molecule has 2 rings (SSSR count). The maximum atomic E-state index is 13.2. The predicted molar refractivity (Wildman–Crippen MR) is 73.2 cm³/mol. The molecule has 0 fully saturated rings. The zero-order valence-electron chi connectivity index (χ0n) is 10.5. The summed E-state index contributed by atoms with van der Waals surface area (Å²) in [6.45, 7) is 0.0307. The molecule has 0 radical (unpaired) electrons. The van der Waals surface area contributed by atoms with Crippen LogP contribution in [-0.2, 0) is 16.6 Å². The number of nitrogens with zero attached hydrogens (tertiary/aromatic N) is 1. The largest absolute Gasteiger partial charge is 0.468 e. The lowest BCUT2D eigenvalue weighted by Gasteiger charge is -2.17. The van der Waals surface area contributed by atoms with Crippen LogP contribution in [0.15, 0.2) is 39.8 Å². The van der Waals surface area contributed by atoms with Crippen LogP contribution in [0.1, 0.15) is 5.76 Å². The van der Waals surface area contributed by atoms with E-state index in [4.69, 9.17) is 21.8 Å². The van der Waals surface area contributed by atoms with Gasteiger partial charge in [-0.2, -0.15) is 4.31 Å². The van der Waals surface area contributed by atoms with E-state index in [9.17, 15) is 12.8 Å². The van der Waals surface area contributed by atoms with E-state index in [1.807, 2.05) is 0 Å². The fraction of sp³-hybridized carbons (Fsp3) is 0.167. The average Bonchev–Trinajstić information content (AvgIpc) is 2.86. The molecule has 0 saturated carbocycles. The molecule has 0 aliphatic rings.